The summed E-state index contributed by atoms with van der Waals surface area (Å²) in [6.45, 7) is 0.211. The van der Waals surface area contributed by atoms with Crippen LogP contribution in [0.2, 0.25) is 0 Å². The third kappa shape index (κ3) is 4.48. The number of sulfonamides is 1. The first-order chi connectivity index (χ1) is 9.67. The molecule has 0 spiro atoms. The normalized spacial score (nSPS) is 12.7. The lowest BCUT2D eigenvalue weighted by atomic mass is 10.3. The van der Waals surface area contributed by atoms with Crippen molar-refractivity contribution in [3.8, 4) is 0 Å². The lowest BCUT2D eigenvalue weighted by Crippen LogP contribution is -2.43. The first-order valence-electron chi connectivity index (χ1n) is 5.60. The summed E-state index contributed by atoms with van der Waals surface area (Å²) < 4.78 is 39.1. The van der Waals surface area contributed by atoms with Gasteiger partial charge in [-0.05, 0) is 18.2 Å². The fourth-order valence-corrected chi connectivity index (χ4v) is 2.66. The minimum absolute atomic E-state index is 0.0518. The zero-order valence-electron chi connectivity index (χ0n) is 10.8. The molecule has 1 aromatic carbocycles. The number of rotatable bonds is 6. The molecule has 0 heterocycles. The van der Waals surface area contributed by atoms with Gasteiger partial charge in [-0.3, -0.25) is 9.59 Å². The van der Waals surface area contributed by atoms with Crippen molar-refractivity contribution in [2.75, 3.05) is 11.9 Å². The molecular formula is C11H13FN2O6S. The van der Waals surface area contributed by atoms with Gasteiger partial charge in [0.25, 0.3) is 0 Å². The molecule has 0 aliphatic carbocycles. The molecule has 1 atom stereocenters. The molecule has 1 rings (SSSR count). The van der Waals surface area contributed by atoms with Crippen LogP contribution < -0.4 is 10.0 Å². The Bertz CT molecular complexity index is 661. The summed E-state index contributed by atoms with van der Waals surface area (Å²) in [5.74, 6) is -3.23. The molecule has 0 aromatic heterocycles. The number of aliphatic hydroxyl groups is 1. The van der Waals surface area contributed by atoms with E-state index in [2.05, 4.69) is 5.32 Å². The largest absolute Gasteiger partial charge is 0.480 e. The highest BCUT2D eigenvalue weighted by atomic mass is 32.2. The number of carboxylic acid groups (broad SMARTS) is 1. The van der Waals surface area contributed by atoms with Crippen LogP contribution in [0.15, 0.2) is 23.1 Å². The Morgan fingerprint density at radius 2 is 2.00 bits per heavy atom. The molecule has 10 heteroatoms. The van der Waals surface area contributed by atoms with Gasteiger partial charge in [-0.25, -0.2) is 12.8 Å². The van der Waals surface area contributed by atoms with Crippen LogP contribution in [0.1, 0.15) is 6.92 Å². The van der Waals surface area contributed by atoms with E-state index in [0.29, 0.717) is 0 Å². The number of carboxylic acids is 1. The topological polar surface area (TPSA) is 133 Å². The maximum Gasteiger partial charge on any atom is 0.324 e. The predicted octanol–water partition coefficient (Wildman–Crippen LogP) is -0.492. The summed E-state index contributed by atoms with van der Waals surface area (Å²) in [6, 6.07) is 1.02. The molecule has 8 nitrogen and oxygen atoms in total. The van der Waals surface area contributed by atoms with E-state index < -0.39 is 45.3 Å². The molecule has 21 heavy (non-hydrogen) atoms. The van der Waals surface area contributed by atoms with Crippen molar-refractivity contribution >= 4 is 27.6 Å². The Hall–Kier alpha value is -2.04. The average Bonchev–Trinajstić information content (AvgIpc) is 2.34. The fourth-order valence-electron chi connectivity index (χ4n) is 1.42. The Labute approximate surface area is 119 Å². The Morgan fingerprint density at radius 1 is 1.38 bits per heavy atom. The third-order valence-corrected chi connectivity index (χ3v) is 3.82. The van der Waals surface area contributed by atoms with Crippen LogP contribution in [0.5, 0.6) is 0 Å². The zero-order valence-corrected chi connectivity index (χ0v) is 11.6. The van der Waals surface area contributed by atoms with Crippen molar-refractivity contribution in [1.29, 1.82) is 0 Å². The number of carbonyl (C=O) groups is 2. The number of aliphatic hydroxyl groups excluding tert-OH is 1. The summed E-state index contributed by atoms with van der Waals surface area (Å²) >= 11 is 0. The van der Waals surface area contributed by atoms with E-state index in [9.17, 15) is 22.4 Å². The van der Waals surface area contributed by atoms with Crippen LogP contribution in [0.4, 0.5) is 10.1 Å². The van der Waals surface area contributed by atoms with Gasteiger partial charge >= 0.3 is 5.97 Å². The van der Waals surface area contributed by atoms with Crippen LogP contribution >= 0.6 is 0 Å². The van der Waals surface area contributed by atoms with Crippen molar-refractivity contribution in [2.24, 2.45) is 0 Å². The highest BCUT2D eigenvalue weighted by Gasteiger charge is 2.27. The predicted molar refractivity (Wildman–Crippen MR) is 69.5 cm³/mol. The van der Waals surface area contributed by atoms with Crippen LogP contribution in [-0.2, 0) is 19.6 Å². The van der Waals surface area contributed by atoms with E-state index in [-0.39, 0.29) is 5.69 Å². The van der Waals surface area contributed by atoms with Gasteiger partial charge in [0.1, 0.15) is 16.8 Å². The molecule has 0 bridgehead atoms. The monoisotopic (exact) mass is 320 g/mol. The second kappa shape index (κ2) is 6.61. The second-order valence-corrected chi connectivity index (χ2v) is 5.70. The number of nitrogens with one attached hydrogen (secondary N) is 2. The van der Waals surface area contributed by atoms with Gasteiger partial charge in [-0.15, -0.1) is 0 Å². The molecule has 0 unspecified atom stereocenters. The Kier molecular flexibility index (Phi) is 5.35. The zero-order chi connectivity index (χ0) is 16.2. The second-order valence-electron chi connectivity index (χ2n) is 4.02. The number of carbonyl (C=O) groups excluding carboxylic acids is 1. The Balaban J connectivity index is 3.09. The van der Waals surface area contributed by atoms with Crippen molar-refractivity contribution < 1.29 is 32.6 Å². The Morgan fingerprint density at radius 3 is 2.43 bits per heavy atom. The first kappa shape index (κ1) is 17.0. The fraction of sp³-hybridized carbons (Fsp3) is 0.273. The lowest BCUT2D eigenvalue weighted by Gasteiger charge is -2.13. The summed E-state index contributed by atoms with van der Waals surface area (Å²) in [4.78, 5) is 20.7. The van der Waals surface area contributed by atoms with Gasteiger partial charge in [0.05, 0.1) is 6.61 Å². The molecule has 4 N–H and O–H groups in total. The molecule has 0 radical (unpaired) electrons. The van der Waals surface area contributed by atoms with Gasteiger partial charge < -0.3 is 15.5 Å². The maximum absolute atomic E-state index is 13.8. The number of halogens is 1. The summed E-state index contributed by atoms with van der Waals surface area (Å²) in [7, 11) is -4.47. The van der Waals surface area contributed by atoms with E-state index >= 15 is 0 Å². The minimum Gasteiger partial charge on any atom is -0.480 e. The third-order valence-electron chi connectivity index (χ3n) is 2.32. The van der Waals surface area contributed by atoms with Crippen molar-refractivity contribution in [2.45, 2.75) is 17.9 Å². The lowest BCUT2D eigenvalue weighted by molar-refractivity contribution is -0.139. The minimum atomic E-state index is -4.47. The summed E-state index contributed by atoms with van der Waals surface area (Å²) in [5.41, 5.74) is 0.0518. The molecule has 1 amide bonds. The van der Waals surface area contributed by atoms with Crippen LogP contribution in [0.25, 0.3) is 0 Å². The van der Waals surface area contributed by atoms with Crippen LogP contribution in [-0.4, -0.2) is 43.2 Å². The molecule has 0 aliphatic heterocycles. The van der Waals surface area contributed by atoms with Gasteiger partial charge in [0, 0.05) is 12.6 Å². The van der Waals surface area contributed by atoms with Gasteiger partial charge in [-0.2, -0.15) is 4.72 Å². The molecule has 116 valence electrons. The highest BCUT2D eigenvalue weighted by molar-refractivity contribution is 7.89. The van der Waals surface area contributed by atoms with Crippen molar-refractivity contribution in [1.82, 2.24) is 4.72 Å². The first-order valence-corrected chi connectivity index (χ1v) is 7.09. The molecule has 0 fully saturated rings. The highest BCUT2D eigenvalue weighted by Crippen LogP contribution is 2.19. The van der Waals surface area contributed by atoms with E-state index in [1.54, 1.807) is 4.72 Å². The number of hydrogen-bond donors (Lipinski definition) is 4. The molecule has 0 aliphatic rings. The number of hydrogen-bond acceptors (Lipinski definition) is 5. The molecule has 0 saturated heterocycles. The van der Waals surface area contributed by atoms with Gasteiger partial charge in [0.2, 0.25) is 15.9 Å². The summed E-state index contributed by atoms with van der Waals surface area (Å²) in [6.07, 6.45) is 0. The van der Waals surface area contributed by atoms with Gasteiger partial charge in [-0.1, -0.05) is 0 Å². The van der Waals surface area contributed by atoms with E-state index in [1.807, 2.05) is 0 Å². The van der Waals surface area contributed by atoms with Crippen LogP contribution in [0.3, 0.4) is 0 Å². The number of amides is 1. The smallest absolute Gasteiger partial charge is 0.324 e. The van der Waals surface area contributed by atoms with Crippen LogP contribution in [0, 0.1) is 5.82 Å². The SMILES string of the molecule is CC(=O)Nc1ccc(S(=O)(=O)N[C@H](CO)C(=O)O)c(F)c1. The van der Waals surface area contributed by atoms with Crippen molar-refractivity contribution in [3.05, 3.63) is 24.0 Å². The van der Waals surface area contributed by atoms with Gasteiger partial charge in [0.15, 0.2) is 0 Å². The summed E-state index contributed by atoms with van der Waals surface area (Å²) in [5, 5.41) is 19.7. The maximum atomic E-state index is 13.8. The number of benzene rings is 1. The number of anilines is 1. The van der Waals surface area contributed by atoms with E-state index in [0.717, 1.165) is 18.2 Å². The van der Waals surface area contributed by atoms with Crippen molar-refractivity contribution in [3.63, 3.8) is 0 Å². The standard InChI is InChI=1S/C11H13FN2O6S/c1-6(16)13-7-2-3-10(8(12)4-7)21(19,20)14-9(5-15)11(17)18/h2-4,9,14-15H,5H2,1H3,(H,13,16)(H,17,18)/t9-/m1/s1. The number of aliphatic carboxylic acids is 1. The van der Waals surface area contributed by atoms with E-state index in [4.69, 9.17) is 10.2 Å². The molecule has 0 saturated carbocycles. The molecule has 1 aromatic rings. The van der Waals surface area contributed by atoms with E-state index in [1.165, 1.54) is 6.92 Å². The quantitative estimate of drug-likeness (QED) is 0.559. The average molecular weight is 320 g/mol. The molecular weight excluding hydrogens is 307 g/mol.